The Labute approximate surface area is 86.4 Å². The van der Waals surface area contributed by atoms with Crippen LogP contribution in [0.4, 0.5) is 13.2 Å². The molecule has 1 aromatic heterocycles. The van der Waals surface area contributed by atoms with Gasteiger partial charge in [-0.25, -0.2) is 0 Å². The number of aliphatic hydroxyl groups excluding tert-OH is 1. The molecule has 7 heteroatoms. The molecule has 1 unspecified atom stereocenters. The van der Waals surface area contributed by atoms with Crippen molar-refractivity contribution in [3.63, 3.8) is 0 Å². The van der Waals surface area contributed by atoms with Gasteiger partial charge < -0.3 is 5.11 Å². The number of nitrogens with zero attached hydrogens (tertiary/aromatic N) is 1. The van der Waals surface area contributed by atoms with Gasteiger partial charge in [-0.05, 0) is 22.4 Å². The summed E-state index contributed by atoms with van der Waals surface area (Å²) in [5.41, 5.74) is 0.109. The minimum absolute atomic E-state index is 0.185. The minimum Gasteiger partial charge on any atom is -0.378 e. The van der Waals surface area contributed by atoms with Crippen molar-refractivity contribution in [1.29, 1.82) is 0 Å². The van der Waals surface area contributed by atoms with Crippen LogP contribution in [0.3, 0.4) is 0 Å². The van der Waals surface area contributed by atoms with Crippen LogP contribution in [0.1, 0.15) is 24.4 Å². The van der Waals surface area contributed by atoms with E-state index in [4.69, 9.17) is 5.11 Å². The highest BCUT2D eigenvalue weighted by Crippen LogP contribution is 2.35. The van der Waals surface area contributed by atoms with Crippen molar-refractivity contribution in [3.8, 4) is 0 Å². The molecule has 1 rings (SSSR count). The summed E-state index contributed by atoms with van der Waals surface area (Å²) in [6, 6.07) is 0. The third kappa shape index (κ3) is 2.09. The summed E-state index contributed by atoms with van der Waals surface area (Å²) in [6.45, 7) is 1.77. The zero-order valence-corrected chi connectivity index (χ0v) is 8.78. The Balaban J connectivity index is 3.02. The van der Waals surface area contributed by atoms with E-state index < -0.39 is 18.0 Å². The standard InChI is InChI=1S/C7H8BrF3N2O/c1-2-3-4(8)5(13-12-3)6(14)7(9,10)11/h6,14H,2H2,1H3,(H,12,13). The van der Waals surface area contributed by atoms with Crippen LogP contribution >= 0.6 is 15.9 Å². The number of aliphatic hydroxyl groups is 1. The molecular weight excluding hydrogens is 265 g/mol. The number of rotatable bonds is 2. The number of aryl methyl sites for hydroxylation is 1. The van der Waals surface area contributed by atoms with Gasteiger partial charge >= 0.3 is 6.18 Å². The molecule has 14 heavy (non-hydrogen) atoms. The smallest absolute Gasteiger partial charge is 0.378 e. The zero-order valence-electron chi connectivity index (χ0n) is 7.19. The summed E-state index contributed by atoms with van der Waals surface area (Å²) in [6.07, 6.45) is -6.73. The summed E-state index contributed by atoms with van der Waals surface area (Å²) in [7, 11) is 0. The van der Waals surface area contributed by atoms with Crippen LogP contribution in [-0.4, -0.2) is 21.5 Å². The average Bonchev–Trinajstić information content (AvgIpc) is 2.43. The van der Waals surface area contributed by atoms with Crippen LogP contribution in [0, 0.1) is 0 Å². The Morgan fingerprint density at radius 3 is 2.50 bits per heavy atom. The van der Waals surface area contributed by atoms with E-state index in [0.717, 1.165) is 0 Å². The fraction of sp³-hybridized carbons (Fsp3) is 0.571. The minimum atomic E-state index is -4.69. The van der Waals surface area contributed by atoms with Crippen LogP contribution in [0.25, 0.3) is 0 Å². The lowest BCUT2D eigenvalue weighted by atomic mass is 10.2. The van der Waals surface area contributed by atoms with Gasteiger partial charge in [-0.3, -0.25) is 5.10 Å². The molecule has 0 aromatic carbocycles. The van der Waals surface area contributed by atoms with Gasteiger partial charge in [-0.1, -0.05) is 6.92 Å². The van der Waals surface area contributed by atoms with Gasteiger partial charge in [0, 0.05) is 5.69 Å². The first kappa shape index (κ1) is 11.5. The van der Waals surface area contributed by atoms with Crippen LogP contribution in [0.15, 0.2) is 4.47 Å². The largest absolute Gasteiger partial charge is 0.420 e. The number of H-pyrrole nitrogens is 1. The lowest BCUT2D eigenvalue weighted by Gasteiger charge is -2.12. The molecule has 1 atom stereocenters. The molecule has 0 aliphatic carbocycles. The van der Waals surface area contributed by atoms with Crippen molar-refractivity contribution in [3.05, 3.63) is 15.9 Å². The van der Waals surface area contributed by atoms with E-state index in [0.29, 0.717) is 12.1 Å². The number of hydrogen-bond acceptors (Lipinski definition) is 2. The molecule has 0 amide bonds. The maximum Gasteiger partial charge on any atom is 0.420 e. The third-order valence-electron chi connectivity index (χ3n) is 1.72. The van der Waals surface area contributed by atoms with E-state index in [1.807, 2.05) is 0 Å². The first-order valence-electron chi connectivity index (χ1n) is 3.85. The second-order valence-electron chi connectivity index (χ2n) is 2.70. The number of alkyl halides is 3. The monoisotopic (exact) mass is 272 g/mol. The topological polar surface area (TPSA) is 48.9 Å². The van der Waals surface area contributed by atoms with Gasteiger partial charge in [0.15, 0.2) is 6.10 Å². The SMILES string of the molecule is CCc1[nH]nc(C(O)C(F)(F)F)c1Br. The predicted molar refractivity (Wildman–Crippen MR) is 46.7 cm³/mol. The summed E-state index contributed by atoms with van der Waals surface area (Å²) in [5.74, 6) is 0. The molecule has 3 nitrogen and oxygen atoms in total. The molecule has 0 aliphatic heterocycles. The van der Waals surface area contributed by atoms with E-state index in [9.17, 15) is 13.2 Å². The van der Waals surface area contributed by atoms with E-state index in [1.165, 1.54) is 0 Å². The molecule has 1 aromatic rings. The van der Waals surface area contributed by atoms with Crippen LogP contribution in [0.5, 0.6) is 0 Å². The highest BCUT2D eigenvalue weighted by molar-refractivity contribution is 9.10. The molecule has 0 spiro atoms. The zero-order chi connectivity index (χ0) is 10.9. The lowest BCUT2D eigenvalue weighted by Crippen LogP contribution is -2.20. The van der Waals surface area contributed by atoms with Crippen LogP contribution < -0.4 is 0 Å². The van der Waals surface area contributed by atoms with Crippen LogP contribution in [-0.2, 0) is 6.42 Å². The second kappa shape index (κ2) is 3.90. The van der Waals surface area contributed by atoms with Gasteiger partial charge in [-0.2, -0.15) is 18.3 Å². The summed E-state index contributed by atoms with van der Waals surface area (Å²) < 4.78 is 36.5. The molecule has 0 aliphatic rings. The molecule has 0 saturated carbocycles. The Morgan fingerprint density at radius 2 is 2.14 bits per heavy atom. The molecule has 2 N–H and O–H groups in total. The van der Waals surface area contributed by atoms with Gasteiger partial charge in [0.25, 0.3) is 0 Å². The molecule has 0 radical (unpaired) electrons. The van der Waals surface area contributed by atoms with Gasteiger partial charge in [0.1, 0.15) is 5.69 Å². The molecule has 80 valence electrons. The van der Waals surface area contributed by atoms with Gasteiger partial charge in [-0.15, -0.1) is 0 Å². The third-order valence-corrected chi connectivity index (χ3v) is 2.61. The van der Waals surface area contributed by atoms with E-state index in [2.05, 4.69) is 26.1 Å². The first-order valence-corrected chi connectivity index (χ1v) is 4.64. The average molecular weight is 273 g/mol. The van der Waals surface area contributed by atoms with Crippen molar-refractivity contribution in [2.45, 2.75) is 25.6 Å². The Hall–Kier alpha value is -0.560. The second-order valence-corrected chi connectivity index (χ2v) is 3.49. The number of aromatic nitrogens is 2. The number of hydrogen-bond donors (Lipinski definition) is 2. The van der Waals surface area contributed by atoms with Gasteiger partial charge in [0.2, 0.25) is 0 Å². The van der Waals surface area contributed by atoms with E-state index in [-0.39, 0.29) is 4.47 Å². The number of halogens is 4. The van der Waals surface area contributed by atoms with Crippen molar-refractivity contribution < 1.29 is 18.3 Å². The fourth-order valence-electron chi connectivity index (χ4n) is 0.951. The normalized spacial score (nSPS) is 14.4. The summed E-state index contributed by atoms with van der Waals surface area (Å²) in [5, 5.41) is 14.7. The maximum atomic E-state index is 12.1. The van der Waals surface area contributed by atoms with Crippen molar-refractivity contribution in [2.75, 3.05) is 0 Å². The molecule has 0 saturated heterocycles. The molecule has 0 bridgehead atoms. The maximum absolute atomic E-state index is 12.1. The van der Waals surface area contributed by atoms with E-state index in [1.54, 1.807) is 6.92 Å². The Bertz CT molecular complexity index is 323. The quantitative estimate of drug-likeness (QED) is 0.868. The highest BCUT2D eigenvalue weighted by atomic mass is 79.9. The molecular formula is C7H8BrF3N2O. The van der Waals surface area contributed by atoms with Crippen LogP contribution in [0.2, 0.25) is 0 Å². The van der Waals surface area contributed by atoms with Crippen molar-refractivity contribution >= 4 is 15.9 Å². The number of nitrogens with one attached hydrogen (secondary N) is 1. The first-order chi connectivity index (χ1) is 6.38. The predicted octanol–water partition coefficient (Wildman–Crippen LogP) is 2.33. The summed E-state index contributed by atoms with van der Waals surface area (Å²) >= 11 is 2.95. The van der Waals surface area contributed by atoms with Crippen molar-refractivity contribution in [1.82, 2.24) is 10.2 Å². The van der Waals surface area contributed by atoms with E-state index >= 15 is 0 Å². The lowest BCUT2D eigenvalue weighted by molar-refractivity contribution is -0.208. The Morgan fingerprint density at radius 1 is 1.57 bits per heavy atom. The van der Waals surface area contributed by atoms with Gasteiger partial charge in [0.05, 0.1) is 4.47 Å². The number of aromatic amines is 1. The molecule has 1 heterocycles. The summed E-state index contributed by atoms with van der Waals surface area (Å²) in [4.78, 5) is 0. The Kier molecular flexibility index (Phi) is 3.20. The van der Waals surface area contributed by atoms with Crippen molar-refractivity contribution in [2.24, 2.45) is 0 Å². The highest BCUT2D eigenvalue weighted by Gasteiger charge is 2.42. The molecule has 0 fully saturated rings. The fourth-order valence-corrected chi connectivity index (χ4v) is 1.63.